The van der Waals surface area contributed by atoms with Crippen molar-refractivity contribution >= 4 is 10.0 Å². The molecule has 0 radical (unpaired) electrons. The molecule has 0 amide bonds. The maximum absolute atomic E-state index is 13.9. The Morgan fingerprint density at radius 3 is 2.68 bits per heavy atom. The van der Waals surface area contributed by atoms with E-state index in [4.69, 9.17) is 5.73 Å². The standard InChI is InChI=1S/C13H21FN2O2S/c1-3-4-7-11(9-15)16-19(17,18)12-8-5-6-10(2)13(12)14/h5-6,8,11,16H,3-4,7,9,15H2,1-2H3. The fraction of sp³-hybridized carbons (Fsp3) is 0.538. The monoisotopic (exact) mass is 288 g/mol. The van der Waals surface area contributed by atoms with E-state index in [-0.39, 0.29) is 17.5 Å². The highest BCUT2D eigenvalue weighted by Gasteiger charge is 2.23. The largest absolute Gasteiger partial charge is 0.329 e. The Labute approximate surface area is 114 Å². The number of nitrogens with one attached hydrogen (secondary N) is 1. The van der Waals surface area contributed by atoms with Gasteiger partial charge < -0.3 is 5.73 Å². The summed E-state index contributed by atoms with van der Waals surface area (Å²) in [5.41, 5.74) is 5.85. The van der Waals surface area contributed by atoms with E-state index in [0.717, 1.165) is 12.8 Å². The van der Waals surface area contributed by atoms with E-state index in [1.54, 1.807) is 0 Å². The van der Waals surface area contributed by atoms with Crippen LogP contribution in [0.1, 0.15) is 31.7 Å². The summed E-state index contributed by atoms with van der Waals surface area (Å²) in [5.74, 6) is -0.707. The number of unbranched alkanes of at least 4 members (excludes halogenated alkanes) is 1. The van der Waals surface area contributed by atoms with Gasteiger partial charge >= 0.3 is 0 Å². The third-order valence-electron chi connectivity index (χ3n) is 2.96. The van der Waals surface area contributed by atoms with Crippen molar-refractivity contribution in [3.63, 3.8) is 0 Å². The molecule has 0 spiro atoms. The van der Waals surface area contributed by atoms with Crippen molar-refractivity contribution in [2.45, 2.75) is 44.0 Å². The van der Waals surface area contributed by atoms with Crippen LogP contribution in [0.4, 0.5) is 4.39 Å². The lowest BCUT2D eigenvalue weighted by atomic mass is 10.1. The van der Waals surface area contributed by atoms with Crippen LogP contribution < -0.4 is 10.5 Å². The molecular weight excluding hydrogens is 267 g/mol. The number of sulfonamides is 1. The Morgan fingerprint density at radius 1 is 1.42 bits per heavy atom. The van der Waals surface area contributed by atoms with Crippen molar-refractivity contribution in [2.24, 2.45) is 5.73 Å². The number of hydrogen-bond donors (Lipinski definition) is 2. The molecule has 0 aromatic heterocycles. The van der Waals surface area contributed by atoms with Gasteiger partial charge in [-0.25, -0.2) is 17.5 Å². The summed E-state index contributed by atoms with van der Waals surface area (Å²) in [4.78, 5) is -0.317. The Hall–Kier alpha value is -0.980. The first-order chi connectivity index (χ1) is 8.92. The van der Waals surface area contributed by atoms with Crippen LogP contribution in [-0.4, -0.2) is 21.0 Å². The van der Waals surface area contributed by atoms with Gasteiger partial charge in [-0.1, -0.05) is 31.9 Å². The topological polar surface area (TPSA) is 72.2 Å². The van der Waals surface area contributed by atoms with Crippen LogP contribution in [0.25, 0.3) is 0 Å². The average Bonchev–Trinajstić information content (AvgIpc) is 2.37. The van der Waals surface area contributed by atoms with Crippen LogP contribution in [0, 0.1) is 12.7 Å². The molecule has 0 aliphatic rings. The van der Waals surface area contributed by atoms with Gasteiger partial charge in [-0.05, 0) is 25.0 Å². The van der Waals surface area contributed by atoms with E-state index in [2.05, 4.69) is 4.72 Å². The first-order valence-electron chi connectivity index (χ1n) is 6.40. The minimum Gasteiger partial charge on any atom is -0.329 e. The minimum absolute atomic E-state index is 0.201. The molecule has 1 aromatic rings. The van der Waals surface area contributed by atoms with Crippen molar-refractivity contribution in [3.05, 3.63) is 29.6 Å². The highest BCUT2D eigenvalue weighted by molar-refractivity contribution is 7.89. The fourth-order valence-corrected chi connectivity index (χ4v) is 3.22. The summed E-state index contributed by atoms with van der Waals surface area (Å²) in [6, 6.07) is 3.96. The number of nitrogens with two attached hydrogens (primary N) is 1. The highest BCUT2D eigenvalue weighted by Crippen LogP contribution is 2.18. The van der Waals surface area contributed by atoms with E-state index in [1.165, 1.54) is 25.1 Å². The van der Waals surface area contributed by atoms with Gasteiger partial charge in [-0.2, -0.15) is 0 Å². The molecule has 0 bridgehead atoms. The molecule has 0 saturated carbocycles. The van der Waals surface area contributed by atoms with Gasteiger partial charge in [0.05, 0.1) is 0 Å². The Balaban J connectivity index is 2.94. The molecular formula is C13H21FN2O2S. The Morgan fingerprint density at radius 2 is 2.11 bits per heavy atom. The van der Waals surface area contributed by atoms with Crippen LogP contribution >= 0.6 is 0 Å². The van der Waals surface area contributed by atoms with Gasteiger partial charge in [0.15, 0.2) is 0 Å². The second-order valence-corrected chi connectivity index (χ2v) is 6.27. The Kier molecular flexibility index (Phi) is 5.90. The van der Waals surface area contributed by atoms with Crippen LogP contribution in [-0.2, 0) is 10.0 Å². The molecule has 1 atom stereocenters. The molecule has 0 aliphatic carbocycles. The van der Waals surface area contributed by atoms with E-state index < -0.39 is 15.8 Å². The number of rotatable bonds is 7. The summed E-state index contributed by atoms with van der Waals surface area (Å²) < 4.78 is 40.6. The highest BCUT2D eigenvalue weighted by atomic mass is 32.2. The number of halogens is 1. The van der Waals surface area contributed by atoms with Crippen molar-refractivity contribution < 1.29 is 12.8 Å². The zero-order valence-electron chi connectivity index (χ0n) is 11.3. The van der Waals surface area contributed by atoms with Gasteiger partial charge in [0.2, 0.25) is 10.0 Å². The lowest BCUT2D eigenvalue weighted by Crippen LogP contribution is -2.40. The molecule has 6 heteroatoms. The minimum atomic E-state index is -3.86. The van der Waals surface area contributed by atoms with Crippen LogP contribution in [0.15, 0.2) is 23.1 Å². The van der Waals surface area contributed by atoms with Crippen LogP contribution in [0.5, 0.6) is 0 Å². The maximum atomic E-state index is 13.9. The first-order valence-corrected chi connectivity index (χ1v) is 7.88. The SMILES string of the molecule is CCCCC(CN)NS(=O)(=O)c1cccc(C)c1F. The van der Waals surface area contributed by atoms with E-state index in [9.17, 15) is 12.8 Å². The molecule has 0 aliphatic heterocycles. The predicted octanol–water partition coefficient (Wildman–Crippen LogP) is 1.93. The van der Waals surface area contributed by atoms with Crippen molar-refractivity contribution in [1.29, 1.82) is 0 Å². The molecule has 1 aromatic carbocycles. The smallest absolute Gasteiger partial charge is 0.243 e. The molecule has 0 fully saturated rings. The van der Waals surface area contributed by atoms with Gasteiger partial charge in [-0.3, -0.25) is 0 Å². The van der Waals surface area contributed by atoms with E-state index in [0.29, 0.717) is 12.0 Å². The summed E-state index contributed by atoms with van der Waals surface area (Å²) in [6.45, 7) is 3.75. The average molecular weight is 288 g/mol. The molecule has 1 rings (SSSR count). The van der Waals surface area contributed by atoms with Crippen molar-refractivity contribution in [3.8, 4) is 0 Å². The number of aryl methyl sites for hydroxylation is 1. The molecule has 4 nitrogen and oxygen atoms in total. The maximum Gasteiger partial charge on any atom is 0.243 e. The van der Waals surface area contributed by atoms with E-state index >= 15 is 0 Å². The van der Waals surface area contributed by atoms with Crippen LogP contribution in [0.2, 0.25) is 0 Å². The molecule has 1 unspecified atom stereocenters. The molecule has 108 valence electrons. The quantitative estimate of drug-likeness (QED) is 0.805. The van der Waals surface area contributed by atoms with Gasteiger partial charge in [0, 0.05) is 12.6 Å². The fourth-order valence-electron chi connectivity index (χ4n) is 1.79. The van der Waals surface area contributed by atoms with E-state index in [1.807, 2.05) is 6.92 Å². The molecule has 3 N–H and O–H groups in total. The van der Waals surface area contributed by atoms with Gasteiger partial charge in [-0.15, -0.1) is 0 Å². The third-order valence-corrected chi connectivity index (χ3v) is 4.50. The lowest BCUT2D eigenvalue weighted by Gasteiger charge is -2.17. The summed E-state index contributed by atoms with van der Waals surface area (Å²) in [6.07, 6.45) is 2.48. The Bertz CT molecular complexity index is 517. The normalized spacial score (nSPS) is 13.5. The van der Waals surface area contributed by atoms with Crippen molar-refractivity contribution in [2.75, 3.05) is 6.54 Å². The van der Waals surface area contributed by atoms with Crippen LogP contribution in [0.3, 0.4) is 0 Å². The molecule has 0 heterocycles. The summed E-state index contributed by atoms with van der Waals surface area (Å²) >= 11 is 0. The lowest BCUT2D eigenvalue weighted by molar-refractivity contribution is 0.508. The first kappa shape index (κ1) is 16.1. The van der Waals surface area contributed by atoms with Gasteiger partial charge in [0.1, 0.15) is 10.7 Å². The van der Waals surface area contributed by atoms with Crippen molar-refractivity contribution in [1.82, 2.24) is 4.72 Å². The summed E-state index contributed by atoms with van der Waals surface area (Å²) in [7, 11) is -3.86. The zero-order chi connectivity index (χ0) is 14.5. The summed E-state index contributed by atoms with van der Waals surface area (Å²) in [5, 5.41) is 0. The predicted molar refractivity (Wildman–Crippen MR) is 73.8 cm³/mol. The number of benzene rings is 1. The van der Waals surface area contributed by atoms with Gasteiger partial charge in [0.25, 0.3) is 0 Å². The number of hydrogen-bond acceptors (Lipinski definition) is 3. The zero-order valence-corrected chi connectivity index (χ0v) is 12.1. The second kappa shape index (κ2) is 6.98. The molecule has 0 saturated heterocycles. The molecule has 19 heavy (non-hydrogen) atoms. The third kappa shape index (κ3) is 4.26. The second-order valence-electron chi connectivity index (χ2n) is 4.58.